The van der Waals surface area contributed by atoms with Gasteiger partial charge in [0.2, 0.25) is 0 Å². The molecule has 0 amide bonds. The SMILES string of the molecule is CCc1c(N=C=S)cccc1SC. The van der Waals surface area contributed by atoms with Crippen molar-refractivity contribution < 1.29 is 0 Å². The molecule has 0 spiro atoms. The molecule has 1 nitrogen and oxygen atoms in total. The third-order valence-corrected chi connectivity index (χ3v) is 2.76. The van der Waals surface area contributed by atoms with E-state index in [0.29, 0.717) is 0 Å². The number of nitrogens with zero attached hydrogens (tertiary/aromatic N) is 1. The van der Waals surface area contributed by atoms with Crippen molar-refractivity contribution in [3.05, 3.63) is 23.8 Å². The summed E-state index contributed by atoms with van der Waals surface area (Å²) in [5.41, 5.74) is 2.21. The highest BCUT2D eigenvalue weighted by atomic mass is 32.2. The molecule has 3 heteroatoms. The Morgan fingerprint density at radius 1 is 1.54 bits per heavy atom. The fraction of sp³-hybridized carbons (Fsp3) is 0.300. The topological polar surface area (TPSA) is 12.4 Å². The van der Waals surface area contributed by atoms with Gasteiger partial charge in [-0.15, -0.1) is 11.8 Å². The predicted octanol–water partition coefficient (Wildman–Crippen LogP) is 3.71. The summed E-state index contributed by atoms with van der Waals surface area (Å²) >= 11 is 6.34. The summed E-state index contributed by atoms with van der Waals surface area (Å²) in [4.78, 5) is 5.31. The van der Waals surface area contributed by atoms with E-state index in [0.717, 1.165) is 12.1 Å². The lowest BCUT2D eigenvalue weighted by Crippen LogP contribution is -1.85. The van der Waals surface area contributed by atoms with Gasteiger partial charge in [0.05, 0.1) is 10.8 Å². The Bertz CT molecular complexity index is 341. The molecule has 0 aliphatic carbocycles. The Hall–Kier alpha value is -0.630. The molecular formula is C10H11NS2. The molecule has 68 valence electrons. The smallest absolute Gasteiger partial charge is 0.0782 e. The summed E-state index contributed by atoms with van der Waals surface area (Å²) in [6, 6.07) is 6.07. The van der Waals surface area contributed by atoms with Gasteiger partial charge in [-0.3, -0.25) is 0 Å². The average Bonchev–Trinajstić information content (AvgIpc) is 2.18. The monoisotopic (exact) mass is 209 g/mol. The molecule has 1 aromatic rings. The van der Waals surface area contributed by atoms with Crippen molar-refractivity contribution in [1.29, 1.82) is 0 Å². The van der Waals surface area contributed by atoms with Gasteiger partial charge in [0.25, 0.3) is 0 Å². The van der Waals surface area contributed by atoms with Crippen LogP contribution in [0.1, 0.15) is 12.5 Å². The van der Waals surface area contributed by atoms with Crippen LogP contribution in [0, 0.1) is 0 Å². The van der Waals surface area contributed by atoms with Gasteiger partial charge in [0.1, 0.15) is 0 Å². The molecule has 1 aromatic carbocycles. The van der Waals surface area contributed by atoms with E-state index < -0.39 is 0 Å². The van der Waals surface area contributed by atoms with Gasteiger partial charge in [-0.25, -0.2) is 0 Å². The Kier molecular flexibility index (Phi) is 4.16. The highest BCUT2D eigenvalue weighted by Gasteiger charge is 2.03. The molecule has 0 heterocycles. The van der Waals surface area contributed by atoms with E-state index in [1.54, 1.807) is 11.8 Å². The molecule has 0 N–H and O–H groups in total. The summed E-state index contributed by atoms with van der Waals surface area (Å²) in [6.45, 7) is 2.12. The van der Waals surface area contributed by atoms with Crippen LogP contribution >= 0.6 is 24.0 Å². The number of aliphatic imine (C=N–C) groups is 1. The molecule has 0 aliphatic heterocycles. The highest BCUT2D eigenvalue weighted by molar-refractivity contribution is 7.98. The number of hydrogen-bond acceptors (Lipinski definition) is 3. The molecule has 0 unspecified atom stereocenters. The van der Waals surface area contributed by atoms with Crippen LogP contribution in [-0.4, -0.2) is 11.4 Å². The van der Waals surface area contributed by atoms with Gasteiger partial charge >= 0.3 is 0 Å². The molecule has 0 radical (unpaired) electrons. The minimum Gasteiger partial charge on any atom is -0.194 e. The zero-order valence-corrected chi connectivity index (χ0v) is 9.34. The zero-order chi connectivity index (χ0) is 9.68. The minimum absolute atomic E-state index is 0.948. The molecule has 0 aromatic heterocycles. The van der Waals surface area contributed by atoms with Gasteiger partial charge < -0.3 is 0 Å². The van der Waals surface area contributed by atoms with Crippen LogP contribution in [0.2, 0.25) is 0 Å². The fourth-order valence-corrected chi connectivity index (χ4v) is 2.06. The van der Waals surface area contributed by atoms with Crippen molar-refractivity contribution in [3.63, 3.8) is 0 Å². The van der Waals surface area contributed by atoms with Crippen molar-refractivity contribution in [1.82, 2.24) is 0 Å². The van der Waals surface area contributed by atoms with E-state index in [1.807, 2.05) is 12.1 Å². The molecule has 0 fully saturated rings. The van der Waals surface area contributed by atoms with E-state index in [-0.39, 0.29) is 0 Å². The summed E-state index contributed by atoms with van der Waals surface area (Å²) in [7, 11) is 0. The van der Waals surface area contributed by atoms with Crippen molar-refractivity contribution in [2.75, 3.05) is 6.26 Å². The molecule has 1 rings (SSSR count). The van der Waals surface area contributed by atoms with E-state index in [9.17, 15) is 0 Å². The minimum atomic E-state index is 0.948. The zero-order valence-electron chi connectivity index (χ0n) is 7.70. The third-order valence-electron chi connectivity index (χ3n) is 1.85. The first-order chi connectivity index (χ1) is 6.33. The molecule has 0 bridgehead atoms. The summed E-state index contributed by atoms with van der Waals surface area (Å²) in [6.07, 6.45) is 3.05. The molecule has 13 heavy (non-hydrogen) atoms. The van der Waals surface area contributed by atoms with Crippen LogP contribution in [0.25, 0.3) is 0 Å². The van der Waals surface area contributed by atoms with Crippen LogP contribution in [0.3, 0.4) is 0 Å². The van der Waals surface area contributed by atoms with Gasteiger partial charge in [-0.1, -0.05) is 13.0 Å². The second-order valence-corrected chi connectivity index (χ2v) is 3.55. The first-order valence-corrected chi connectivity index (χ1v) is 5.70. The number of rotatable bonds is 3. The van der Waals surface area contributed by atoms with Gasteiger partial charge in [0, 0.05) is 4.90 Å². The number of benzene rings is 1. The van der Waals surface area contributed by atoms with Crippen LogP contribution in [0.15, 0.2) is 28.1 Å². The van der Waals surface area contributed by atoms with Crippen LogP contribution in [0.5, 0.6) is 0 Å². The fourth-order valence-electron chi connectivity index (χ4n) is 1.25. The third kappa shape index (κ3) is 2.41. The first-order valence-electron chi connectivity index (χ1n) is 4.07. The van der Waals surface area contributed by atoms with Crippen molar-refractivity contribution in [2.45, 2.75) is 18.2 Å². The maximum Gasteiger partial charge on any atom is 0.0782 e. The van der Waals surface area contributed by atoms with Crippen LogP contribution in [0.4, 0.5) is 5.69 Å². The lowest BCUT2D eigenvalue weighted by Gasteiger charge is -2.06. The van der Waals surface area contributed by atoms with E-state index in [2.05, 4.69) is 41.6 Å². The van der Waals surface area contributed by atoms with Crippen molar-refractivity contribution >= 4 is 34.8 Å². The second-order valence-electron chi connectivity index (χ2n) is 2.51. The van der Waals surface area contributed by atoms with Crippen LogP contribution in [-0.2, 0) is 6.42 Å². The lowest BCUT2D eigenvalue weighted by molar-refractivity contribution is 1.08. The standard InChI is InChI=1S/C10H11NS2/c1-3-8-9(11-7-12)5-4-6-10(8)13-2/h4-6H,3H2,1-2H3. The van der Waals surface area contributed by atoms with Crippen LogP contribution < -0.4 is 0 Å². The van der Waals surface area contributed by atoms with Gasteiger partial charge in [0.15, 0.2) is 0 Å². The van der Waals surface area contributed by atoms with E-state index in [4.69, 9.17) is 0 Å². The molecular weight excluding hydrogens is 198 g/mol. The summed E-state index contributed by atoms with van der Waals surface area (Å²) in [5, 5.41) is 2.41. The van der Waals surface area contributed by atoms with Crippen molar-refractivity contribution in [2.24, 2.45) is 4.99 Å². The molecule has 0 aliphatic rings. The molecule has 0 atom stereocenters. The molecule has 0 saturated heterocycles. The van der Waals surface area contributed by atoms with Crippen molar-refractivity contribution in [3.8, 4) is 0 Å². The second kappa shape index (κ2) is 5.18. The largest absolute Gasteiger partial charge is 0.194 e. The number of hydrogen-bond donors (Lipinski definition) is 0. The quantitative estimate of drug-likeness (QED) is 0.427. The Morgan fingerprint density at radius 2 is 2.31 bits per heavy atom. The predicted molar refractivity (Wildman–Crippen MR) is 62.3 cm³/mol. The summed E-state index contributed by atoms with van der Waals surface area (Å²) in [5.74, 6) is 0. The Labute approximate surface area is 88.3 Å². The van der Waals surface area contributed by atoms with E-state index in [1.165, 1.54) is 10.5 Å². The number of thiocarbonyl (C=S) groups is 1. The number of isothiocyanates is 1. The van der Waals surface area contributed by atoms with E-state index >= 15 is 0 Å². The Morgan fingerprint density at radius 3 is 2.85 bits per heavy atom. The maximum absolute atomic E-state index is 4.60. The number of thioether (sulfide) groups is 1. The van der Waals surface area contributed by atoms with Gasteiger partial charge in [-0.05, 0) is 42.6 Å². The first kappa shape index (κ1) is 10.5. The Balaban J connectivity index is 3.26. The normalized spacial score (nSPS) is 9.38. The lowest BCUT2D eigenvalue weighted by atomic mass is 10.1. The summed E-state index contributed by atoms with van der Waals surface area (Å²) < 4.78 is 0. The van der Waals surface area contributed by atoms with Gasteiger partial charge in [-0.2, -0.15) is 4.99 Å². The average molecular weight is 209 g/mol. The highest BCUT2D eigenvalue weighted by Crippen LogP contribution is 2.28. The maximum atomic E-state index is 4.60. The molecule has 0 saturated carbocycles.